The van der Waals surface area contributed by atoms with E-state index in [1.54, 1.807) is 7.05 Å². The smallest absolute Gasteiger partial charge is 0.300 e. The molecule has 4 aromatic rings. The molecule has 2 aromatic carbocycles. The molecule has 0 aliphatic carbocycles. The van der Waals surface area contributed by atoms with Gasteiger partial charge in [-0.3, -0.25) is 18.5 Å². The Morgan fingerprint density at radius 2 is 1.65 bits per heavy atom. The molecule has 31 heavy (non-hydrogen) atoms. The molecule has 9 heteroatoms. The fourth-order valence-corrected chi connectivity index (χ4v) is 4.26. The molecular formula is C22H20ClN5O2S. The molecule has 0 bridgehead atoms. The Morgan fingerprint density at radius 3 is 2.35 bits per heavy atom. The number of nitrogens with zero attached hydrogens (tertiary/aromatic N) is 5. The topological polar surface area (TPSA) is 74.7 Å². The predicted octanol–water partition coefficient (Wildman–Crippen LogP) is 3.34. The summed E-state index contributed by atoms with van der Waals surface area (Å²) in [4.78, 5) is 24.3. The van der Waals surface area contributed by atoms with Crippen LogP contribution in [-0.4, -0.2) is 23.9 Å². The maximum absolute atomic E-state index is 12.2. The third-order valence-electron chi connectivity index (χ3n) is 4.98. The highest BCUT2D eigenvalue weighted by Crippen LogP contribution is 2.27. The van der Waals surface area contributed by atoms with Crippen molar-refractivity contribution in [1.29, 1.82) is 0 Å². The van der Waals surface area contributed by atoms with Crippen molar-refractivity contribution in [2.24, 2.45) is 14.1 Å². The number of hydrogen-bond donors (Lipinski definition) is 0. The monoisotopic (exact) mass is 453 g/mol. The van der Waals surface area contributed by atoms with E-state index < -0.39 is 0 Å². The molecule has 0 saturated heterocycles. The van der Waals surface area contributed by atoms with Crippen LogP contribution in [0.4, 0.5) is 0 Å². The Hall–Kier alpha value is -3.10. The van der Waals surface area contributed by atoms with Gasteiger partial charge in [-0.2, -0.15) is 0 Å². The average molecular weight is 454 g/mol. The van der Waals surface area contributed by atoms with Crippen LogP contribution in [0, 0.1) is 0 Å². The van der Waals surface area contributed by atoms with E-state index >= 15 is 0 Å². The first-order valence-electron chi connectivity index (χ1n) is 9.56. The number of thioether (sulfide) groups is 1. The van der Waals surface area contributed by atoms with E-state index in [9.17, 15) is 9.59 Å². The Bertz CT molecular complexity index is 1330. The quantitative estimate of drug-likeness (QED) is 0.418. The lowest BCUT2D eigenvalue weighted by atomic mass is 10.2. The minimum absolute atomic E-state index is 0.327. The fourth-order valence-electron chi connectivity index (χ4n) is 3.17. The van der Waals surface area contributed by atoms with E-state index in [4.69, 9.17) is 11.6 Å². The normalized spacial score (nSPS) is 11.1. The van der Waals surface area contributed by atoms with E-state index in [0.717, 1.165) is 21.5 Å². The van der Waals surface area contributed by atoms with Crippen molar-refractivity contribution in [2.75, 3.05) is 0 Å². The molecule has 0 aliphatic rings. The van der Waals surface area contributed by atoms with Gasteiger partial charge in [-0.25, -0.2) is 4.79 Å². The zero-order chi connectivity index (χ0) is 22.0. The second-order valence-corrected chi connectivity index (χ2v) is 8.43. The Kier molecular flexibility index (Phi) is 6.11. The van der Waals surface area contributed by atoms with Crippen LogP contribution in [0.1, 0.15) is 11.3 Å². The van der Waals surface area contributed by atoms with Gasteiger partial charge >= 0.3 is 5.69 Å². The van der Waals surface area contributed by atoms with Crippen molar-refractivity contribution >= 4 is 23.4 Å². The predicted molar refractivity (Wildman–Crippen MR) is 122 cm³/mol. The fraction of sp³-hybridized carbons (Fsp3) is 0.182. The first kappa shape index (κ1) is 21.1. The number of benzene rings is 2. The third-order valence-corrected chi connectivity index (χ3v) is 6.23. The largest absolute Gasteiger partial charge is 0.330 e. The van der Waals surface area contributed by atoms with Crippen LogP contribution in [0.25, 0.3) is 11.4 Å². The van der Waals surface area contributed by atoms with E-state index in [-0.39, 0.29) is 11.2 Å². The Morgan fingerprint density at radius 1 is 0.935 bits per heavy atom. The van der Waals surface area contributed by atoms with Crippen LogP contribution in [0.5, 0.6) is 0 Å². The number of rotatable bonds is 6. The van der Waals surface area contributed by atoms with Crippen LogP contribution in [0.3, 0.4) is 0 Å². The van der Waals surface area contributed by atoms with Gasteiger partial charge in [0.2, 0.25) is 0 Å². The molecule has 4 rings (SSSR count). The lowest BCUT2D eigenvalue weighted by molar-refractivity contribution is 0.664. The summed E-state index contributed by atoms with van der Waals surface area (Å²) < 4.78 is 4.60. The van der Waals surface area contributed by atoms with E-state index in [1.165, 1.54) is 29.4 Å². The maximum Gasteiger partial charge on any atom is 0.330 e. The maximum atomic E-state index is 12.2. The highest BCUT2D eigenvalue weighted by molar-refractivity contribution is 7.98. The van der Waals surface area contributed by atoms with Crippen molar-refractivity contribution in [3.63, 3.8) is 0 Å². The molecule has 2 heterocycles. The summed E-state index contributed by atoms with van der Waals surface area (Å²) in [6.07, 6.45) is 0. The summed E-state index contributed by atoms with van der Waals surface area (Å²) >= 11 is 7.47. The van der Waals surface area contributed by atoms with Crippen molar-refractivity contribution in [1.82, 2.24) is 23.9 Å². The standard InChI is InChI=1S/C22H20ClN5O2S/c1-26-18(12-19(29)27(2)22(26)30)14-31-21-25-24-20(16-8-10-17(23)11-9-16)28(21)13-15-6-4-3-5-7-15/h3-12H,13-14H2,1-2H3. The van der Waals surface area contributed by atoms with Gasteiger partial charge in [-0.05, 0) is 29.8 Å². The number of halogens is 1. The first-order valence-corrected chi connectivity index (χ1v) is 10.9. The third kappa shape index (κ3) is 4.50. The molecule has 0 aliphatic heterocycles. The molecule has 0 spiro atoms. The van der Waals surface area contributed by atoms with E-state index in [1.807, 2.05) is 59.2 Å². The van der Waals surface area contributed by atoms with Gasteiger partial charge in [0.15, 0.2) is 11.0 Å². The molecule has 158 valence electrons. The average Bonchev–Trinajstić information content (AvgIpc) is 3.17. The summed E-state index contributed by atoms with van der Waals surface area (Å²) in [5.74, 6) is 1.14. The van der Waals surface area contributed by atoms with E-state index in [2.05, 4.69) is 10.2 Å². The minimum atomic E-state index is -0.351. The van der Waals surface area contributed by atoms with Crippen molar-refractivity contribution in [2.45, 2.75) is 17.5 Å². The summed E-state index contributed by atoms with van der Waals surface area (Å²) in [5, 5.41) is 10.1. The van der Waals surface area contributed by atoms with Crippen LogP contribution in [0.2, 0.25) is 5.02 Å². The molecule has 0 unspecified atom stereocenters. The highest BCUT2D eigenvalue weighted by atomic mass is 35.5. The molecule has 0 radical (unpaired) electrons. The Labute approximate surface area is 187 Å². The highest BCUT2D eigenvalue weighted by Gasteiger charge is 2.16. The van der Waals surface area contributed by atoms with E-state index in [0.29, 0.717) is 28.2 Å². The van der Waals surface area contributed by atoms with Crippen molar-refractivity contribution in [3.05, 3.63) is 97.8 Å². The van der Waals surface area contributed by atoms with Gasteiger partial charge in [0.1, 0.15) is 0 Å². The second kappa shape index (κ2) is 8.95. The SMILES string of the molecule is Cn1c(CSc2nnc(-c3ccc(Cl)cc3)n2Cc2ccccc2)cc(=O)n(C)c1=O. The van der Waals surface area contributed by atoms with Crippen LogP contribution in [0.15, 0.2) is 75.4 Å². The van der Waals surface area contributed by atoms with Gasteiger partial charge in [0, 0.05) is 42.2 Å². The van der Waals surface area contributed by atoms with Crippen LogP contribution >= 0.6 is 23.4 Å². The zero-order valence-electron chi connectivity index (χ0n) is 17.0. The number of aromatic nitrogens is 5. The molecule has 0 saturated carbocycles. The summed E-state index contributed by atoms with van der Waals surface area (Å²) in [7, 11) is 3.13. The molecular weight excluding hydrogens is 434 g/mol. The van der Waals surface area contributed by atoms with Crippen LogP contribution < -0.4 is 11.2 Å². The molecule has 0 atom stereocenters. The van der Waals surface area contributed by atoms with Gasteiger partial charge in [0.05, 0.1) is 6.54 Å². The van der Waals surface area contributed by atoms with Crippen molar-refractivity contribution < 1.29 is 0 Å². The minimum Gasteiger partial charge on any atom is -0.300 e. The molecule has 7 nitrogen and oxygen atoms in total. The van der Waals surface area contributed by atoms with Gasteiger partial charge in [-0.1, -0.05) is 53.7 Å². The molecule has 0 amide bonds. The summed E-state index contributed by atoms with van der Waals surface area (Å²) in [6, 6.07) is 19.0. The van der Waals surface area contributed by atoms with Gasteiger partial charge in [0.25, 0.3) is 5.56 Å². The lowest BCUT2D eigenvalue weighted by Crippen LogP contribution is -2.37. The molecule has 0 N–H and O–H groups in total. The van der Waals surface area contributed by atoms with Crippen LogP contribution in [-0.2, 0) is 26.4 Å². The number of hydrogen-bond acceptors (Lipinski definition) is 5. The Balaban J connectivity index is 1.70. The van der Waals surface area contributed by atoms with Crippen molar-refractivity contribution in [3.8, 4) is 11.4 Å². The molecule has 2 aromatic heterocycles. The summed E-state index contributed by atoms with van der Waals surface area (Å²) in [5.41, 5.74) is 1.96. The lowest BCUT2D eigenvalue weighted by Gasteiger charge is -2.12. The summed E-state index contributed by atoms with van der Waals surface area (Å²) in [6.45, 7) is 0.587. The first-order chi connectivity index (χ1) is 14.9. The van der Waals surface area contributed by atoms with Gasteiger partial charge < -0.3 is 0 Å². The zero-order valence-corrected chi connectivity index (χ0v) is 18.6. The second-order valence-electron chi connectivity index (χ2n) is 7.05. The van der Waals surface area contributed by atoms with Gasteiger partial charge in [-0.15, -0.1) is 10.2 Å². The molecule has 0 fully saturated rings.